The number of carbonyl (C=O) groups excluding carboxylic acids is 1. The van der Waals surface area contributed by atoms with Crippen LogP contribution in [0, 0.1) is 5.92 Å². The van der Waals surface area contributed by atoms with Gasteiger partial charge in [0, 0.05) is 12.8 Å². The summed E-state index contributed by atoms with van der Waals surface area (Å²) in [4.78, 5) is 22.4. The van der Waals surface area contributed by atoms with Crippen molar-refractivity contribution in [2.45, 2.75) is 19.8 Å². The first-order valence-corrected chi connectivity index (χ1v) is 6.66. The highest BCUT2D eigenvalue weighted by Crippen LogP contribution is 2.13. The number of benzene rings is 1. The fourth-order valence-corrected chi connectivity index (χ4v) is 2.01. The number of rotatable bonds is 6. The molecule has 0 bridgehead atoms. The molecule has 1 unspecified atom stereocenters. The van der Waals surface area contributed by atoms with E-state index in [-0.39, 0.29) is 24.7 Å². The molecule has 110 valence electrons. The number of aliphatic carboxylic acids is 1. The standard InChI is InChI=1S/C15H17N3O3/c1-11(8-15(20)21)7-14(19)17-12-9-16-18(10-12)13-5-3-2-4-6-13/h2-6,9-11H,7-8H2,1H3,(H,17,19)(H,20,21). The molecule has 6 nitrogen and oxygen atoms in total. The van der Waals surface area contributed by atoms with Crippen LogP contribution in [0.15, 0.2) is 42.7 Å². The normalized spacial score (nSPS) is 11.9. The van der Waals surface area contributed by atoms with Crippen LogP contribution >= 0.6 is 0 Å². The topological polar surface area (TPSA) is 84.2 Å². The van der Waals surface area contributed by atoms with E-state index in [0.717, 1.165) is 5.69 Å². The molecule has 1 aromatic carbocycles. The zero-order valence-corrected chi connectivity index (χ0v) is 11.7. The van der Waals surface area contributed by atoms with Gasteiger partial charge in [0.15, 0.2) is 0 Å². The van der Waals surface area contributed by atoms with Crippen molar-refractivity contribution in [3.8, 4) is 5.69 Å². The second-order valence-corrected chi connectivity index (χ2v) is 4.96. The molecule has 2 rings (SSSR count). The van der Waals surface area contributed by atoms with E-state index in [4.69, 9.17) is 5.11 Å². The van der Waals surface area contributed by atoms with Crippen molar-refractivity contribution in [3.05, 3.63) is 42.7 Å². The molecule has 2 N–H and O–H groups in total. The van der Waals surface area contributed by atoms with Crippen molar-refractivity contribution in [3.63, 3.8) is 0 Å². The van der Waals surface area contributed by atoms with Gasteiger partial charge in [0.2, 0.25) is 5.91 Å². The first-order valence-electron chi connectivity index (χ1n) is 6.66. The minimum absolute atomic E-state index is 0.0172. The first-order chi connectivity index (χ1) is 10.0. The average Bonchev–Trinajstić information content (AvgIpc) is 2.86. The Kier molecular flexibility index (Phi) is 4.71. The van der Waals surface area contributed by atoms with Crippen LogP contribution in [0.25, 0.3) is 5.69 Å². The summed E-state index contributed by atoms with van der Waals surface area (Å²) in [7, 11) is 0. The number of hydrogen-bond acceptors (Lipinski definition) is 3. The Morgan fingerprint density at radius 2 is 2.00 bits per heavy atom. The molecule has 0 saturated carbocycles. The van der Waals surface area contributed by atoms with Crippen molar-refractivity contribution >= 4 is 17.6 Å². The number of aromatic nitrogens is 2. The number of hydrogen-bond donors (Lipinski definition) is 2. The summed E-state index contributed by atoms with van der Waals surface area (Å²) in [6, 6.07) is 9.55. The molecule has 2 aromatic rings. The third-order valence-electron chi connectivity index (χ3n) is 2.94. The molecular weight excluding hydrogens is 270 g/mol. The van der Waals surface area contributed by atoms with Crippen molar-refractivity contribution in [1.82, 2.24) is 9.78 Å². The summed E-state index contributed by atoms with van der Waals surface area (Å²) in [5.41, 5.74) is 1.49. The van der Waals surface area contributed by atoms with Gasteiger partial charge in [-0.3, -0.25) is 9.59 Å². The largest absolute Gasteiger partial charge is 0.481 e. The van der Waals surface area contributed by atoms with Gasteiger partial charge >= 0.3 is 5.97 Å². The molecular formula is C15H17N3O3. The van der Waals surface area contributed by atoms with Crippen LogP contribution in [0.5, 0.6) is 0 Å². The molecule has 0 spiro atoms. The van der Waals surface area contributed by atoms with E-state index in [1.165, 1.54) is 0 Å². The maximum absolute atomic E-state index is 11.8. The molecule has 0 aliphatic carbocycles. The van der Waals surface area contributed by atoms with Gasteiger partial charge in [0.1, 0.15) is 0 Å². The fraction of sp³-hybridized carbons (Fsp3) is 0.267. The lowest BCUT2D eigenvalue weighted by molar-refractivity contribution is -0.138. The van der Waals surface area contributed by atoms with Crippen molar-refractivity contribution in [1.29, 1.82) is 0 Å². The van der Waals surface area contributed by atoms with Gasteiger partial charge in [-0.1, -0.05) is 25.1 Å². The lowest BCUT2D eigenvalue weighted by atomic mass is 10.0. The zero-order chi connectivity index (χ0) is 15.2. The lowest BCUT2D eigenvalue weighted by Gasteiger charge is -2.07. The average molecular weight is 287 g/mol. The summed E-state index contributed by atoms with van der Waals surface area (Å²) in [6.07, 6.45) is 3.43. The molecule has 21 heavy (non-hydrogen) atoms. The summed E-state index contributed by atoms with van der Waals surface area (Å²) in [5, 5.41) is 15.6. The molecule has 1 heterocycles. The van der Waals surface area contributed by atoms with Crippen molar-refractivity contribution < 1.29 is 14.7 Å². The summed E-state index contributed by atoms with van der Waals surface area (Å²) < 4.78 is 1.66. The van der Waals surface area contributed by atoms with E-state index in [1.54, 1.807) is 24.0 Å². The maximum atomic E-state index is 11.8. The molecule has 0 aliphatic heterocycles. The zero-order valence-electron chi connectivity index (χ0n) is 11.7. The molecule has 0 radical (unpaired) electrons. The second-order valence-electron chi connectivity index (χ2n) is 4.96. The Hall–Kier alpha value is -2.63. The SMILES string of the molecule is CC(CC(=O)O)CC(=O)Nc1cnn(-c2ccccc2)c1. The Morgan fingerprint density at radius 3 is 2.67 bits per heavy atom. The van der Waals surface area contributed by atoms with E-state index in [2.05, 4.69) is 10.4 Å². The molecule has 1 amide bonds. The maximum Gasteiger partial charge on any atom is 0.303 e. The monoisotopic (exact) mass is 287 g/mol. The Morgan fingerprint density at radius 1 is 1.29 bits per heavy atom. The minimum atomic E-state index is -0.896. The lowest BCUT2D eigenvalue weighted by Crippen LogP contribution is -2.16. The number of carboxylic acids is 1. The summed E-state index contributed by atoms with van der Waals surface area (Å²) >= 11 is 0. The molecule has 0 fully saturated rings. The second kappa shape index (κ2) is 6.69. The van der Waals surface area contributed by atoms with Gasteiger partial charge < -0.3 is 10.4 Å². The number of carboxylic acid groups (broad SMARTS) is 1. The smallest absolute Gasteiger partial charge is 0.303 e. The van der Waals surface area contributed by atoms with Gasteiger partial charge in [-0.05, 0) is 18.1 Å². The van der Waals surface area contributed by atoms with Crippen LogP contribution in [0.1, 0.15) is 19.8 Å². The minimum Gasteiger partial charge on any atom is -0.481 e. The van der Waals surface area contributed by atoms with Gasteiger partial charge in [0.25, 0.3) is 0 Å². The Labute approximate surface area is 122 Å². The van der Waals surface area contributed by atoms with Crippen LogP contribution in [-0.4, -0.2) is 26.8 Å². The Bertz CT molecular complexity index is 622. The highest BCUT2D eigenvalue weighted by Gasteiger charge is 2.13. The Balaban J connectivity index is 1.93. The first kappa shape index (κ1) is 14.8. The van der Waals surface area contributed by atoms with Gasteiger partial charge in [-0.25, -0.2) is 4.68 Å². The molecule has 1 aromatic heterocycles. The number of nitrogens with zero attached hydrogens (tertiary/aromatic N) is 2. The summed E-state index contributed by atoms with van der Waals surface area (Å²) in [5.74, 6) is -1.31. The third kappa shape index (κ3) is 4.45. The fourth-order valence-electron chi connectivity index (χ4n) is 2.01. The van der Waals surface area contributed by atoms with Gasteiger partial charge in [0.05, 0.1) is 23.8 Å². The quantitative estimate of drug-likeness (QED) is 0.854. The molecule has 6 heteroatoms. The summed E-state index contributed by atoms with van der Waals surface area (Å²) in [6.45, 7) is 1.74. The highest BCUT2D eigenvalue weighted by molar-refractivity contribution is 5.90. The van der Waals surface area contributed by atoms with Crippen LogP contribution in [0.3, 0.4) is 0 Å². The van der Waals surface area contributed by atoms with Crippen LogP contribution < -0.4 is 5.32 Å². The number of carbonyl (C=O) groups is 2. The van der Waals surface area contributed by atoms with E-state index < -0.39 is 5.97 Å². The highest BCUT2D eigenvalue weighted by atomic mass is 16.4. The number of para-hydroxylation sites is 1. The molecule has 0 saturated heterocycles. The van der Waals surface area contributed by atoms with E-state index in [9.17, 15) is 9.59 Å². The van der Waals surface area contributed by atoms with E-state index in [1.807, 2.05) is 30.3 Å². The predicted molar refractivity (Wildman–Crippen MR) is 78.2 cm³/mol. The third-order valence-corrected chi connectivity index (χ3v) is 2.94. The molecule has 0 aliphatic rings. The number of amides is 1. The number of anilines is 1. The van der Waals surface area contributed by atoms with Crippen LogP contribution in [-0.2, 0) is 9.59 Å². The van der Waals surface area contributed by atoms with Crippen LogP contribution in [0.4, 0.5) is 5.69 Å². The van der Waals surface area contributed by atoms with Crippen molar-refractivity contribution in [2.24, 2.45) is 5.92 Å². The van der Waals surface area contributed by atoms with Crippen LogP contribution in [0.2, 0.25) is 0 Å². The van der Waals surface area contributed by atoms with Crippen molar-refractivity contribution in [2.75, 3.05) is 5.32 Å². The van der Waals surface area contributed by atoms with Gasteiger partial charge in [-0.15, -0.1) is 0 Å². The van der Waals surface area contributed by atoms with E-state index >= 15 is 0 Å². The number of nitrogens with one attached hydrogen (secondary N) is 1. The van der Waals surface area contributed by atoms with Gasteiger partial charge in [-0.2, -0.15) is 5.10 Å². The van der Waals surface area contributed by atoms with E-state index in [0.29, 0.717) is 5.69 Å². The predicted octanol–water partition coefficient (Wildman–Crippen LogP) is 2.31. The molecule has 1 atom stereocenters.